The zero-order valence-electron chi connectivity index (χ0n) is 6.49. The van der Waals surface area contributed by atoms with Crippen LogP contribution in [0.1, 0.15) is 23.5 Å². The van der Waals surface area contributed by atoms with E-state index in [1.165, 1.54) is 19.2 Å². The third kappa shape index (κ3) is 1.61. The van der Waals surface area contributed by atoms with Gasteiger partial charge in [-0.25, -0.2) is 9.78 Å². The number of rotatable bonds is 3. The van der Waals surface area contributed by atoms with Crippen molar-refractivity contribution in [1.29, 1.82) is 0 Å². The highest BCUT2D eigenvalue weighted by atomic mass is 16.5. The third-order valence-corrected chi connectivity index (χ3v) is 1.76. The van der Waals surface area contributed by atoms with Crippen molar-refractivity contribution in [3.63, 3.8) is 0 Å². The number of hydrogen-bond donors (Lipinski definition) is 1. The van der Waals surface area contributed by atoms with Crippen LogP contribution >= 0.6 is 0 Å². The van der Waals surface area contributed by atoms with Crippen LogP contribution in [0.2, 0.25) is 0 Å². The Morgan fingerprint density at radius 3 is 3.17 bits per heavy atom. The molecule has 1 aromatic rings. The first-order chi connectivity index (χ1) is 5.86. The first-order valence-corrected chi connectivity index (χ1v) is 3.89. The fourth-order valence-electron chi connectivity index (χ4n) is 0.850. The second-order valence-corrected chi connectivity index (χ2v) is 2.88. The van der Waals surface area contributed by atoms with Gasteiger partial charge >= 0.3 is 5.97 Å². The minimum Gasteiger partial charge on any atom is -0.460 e. The molecule has 1 N–H and O–H groups in total. The van der Waals surface area contributed by atoms with E-state index in [9.17, 15) is 4.79 Å². The number of carbonyl (C=O) groups excluding carboxylic acids is 1. The molecule has 0 unspecified atom stereocenters. The second-order valence-electron chi connectivity index (χ2n) is 2.88. The van der Waals surface area contributed by atoms with Gasteiger partial charge in [0.15, 0.2) is 0 Å². The van der Waals surface area contributed by atoms with E-state index in [2.05, 4.69) is 15.2 Å². The number of hydrogen-bond acceptors (Lipinski definition) is 4. The summed E-state index contributed by atoms with van der Waals surface area (Å²) in [5.41, 5.74) is 0. The molecule has 1 fully saturated rings. The maximum atomic E-state index is 11.1. The smallest absolute Gasteiger partial charge is 0.375 e. The standard InChI is InChI=1S/C7H9N3O2/c11-7(6-8-4-9-10-6)12-3-5-1-2-5/h4-5H,1-3H2,(H,8,9,10). The fraction of sp³-hybridized carbons (Fsp3) is 0.571. The molecule has 1 aromatic heterocycles. The zero-order chi connectivity index (χ0) is 8.39. The quantitative estimate of drug-likeness (QED) is 0.660. The van der Waals surface area contributed by atoms with Crippen LogP contribution in [-0.4, -0.2) is 27.8 Å². The SMILES string of the molecule is O=C(OCC1CC1)c1ncn[nH]1. The summed E-state index contributed by atoms with van der Waals surface area (Å²) in [6, 6.07) is 0. The largest absolute Gasteiger partial charge is 0.460 e. The molecule has 0 amide bonds. The minimum absolute atomic E-state index is 0.177. The zero-order valence-corrected chi connectivity index (χ0v) is 6.49. The highest BCUT2D eigenvalue weighted by Crippen LogP contribution is 2.28. The second kappa shape index (κ2) is 2.92. The average molecular weight is 167 g/mol. The van der Waals surface area contributed by atoms with E-state index in [4.69, 9.17) is 4.74 Å². The molecule has 0 saturated heterocycles. The first kappa shape index (κ1) is 7.27. The van der Waals surface area contributed by atoms with E-state index in [1.807, 2.05) is 0 Å². The predicted octanol–water partition coefficient (Wildman–Crippen LogP) is 0.371. The Hall–Kier alpha value is -1.39. The Bertz CT molecular complexity index is 266. The van der Waals surface area contributed by atoms with Gasteiger partial charge in [0.1, 0.15) is 6.33 Å². The molecule has 0 aliphatic heterocycles. The molecule has 1 heterocycles. The molecular weight excluding hydrogens is 158 g/mol. The molecule has 0 aromatic carbocycles. The number of aromatic nitrogens is 3. The van der Waals surface area contributed by atoms with Gasteiger partial charge in [-0.1, -0.05) is 0 Å². The van der Waals surface area contributed by atoms with Gasteiger partial charge < -0.3 is 4.74 Å². The molecule has 0 atom stereocenters. The van der Waals surface area contributed by atoms with Crippen LogP contribution in [0.3, 0.4) is 0 Å². The summed E-state index contributed by atoms with van der Waals surface area (Å²) in [5.74, 6) is 0.340. The molecule has 5 nitrogen and oxygen atoms in total. The topological polar surface area (TPSA) is 67.9 Å². The number of nitrogens with one attached hydrogen (secondary N) is 1. The molecule has 0 bridgehead atoms. The molecule has 1 aliphatic rings. The summed E-state index contributed by atoms with van der Waals surface area (Å²) in [4.78, 5) is 14.8. The summed E-state index contributed by atoms with van der Waals surface area (Å²) < 4.78 is 4.94. The minimum atomic E-state index is -0.417. The van der Waals surface area contributed by atoms with Crippen LogP contribution in [0, 0.1) is 5.92 Å². The lowest BCUT2D eigenvalue weighted by Gasteiger charge is -1.98. The highest BCUT2D eigenvalue weighted by Gasteiger charge is 2.23. The number of aromatic amines is 1. The van der Waals surface area contributed by atoms with Gasteiger partial charge in [-0.15, -0.1) is 0 Å². The molecule has 64 valence electrons. The maximum absolute atomic E-state index is 11.1. The van der Waals surface area contributed by atoms with Crippen molar-refractivity contribution in [1.82, 2.24) is 15.2 Å². The monoisotopic (exact) mass is 167 g/mol. The lowest BCUT2D eigenvalue weighted by atomic mass is 10.5. The number of H-pyrrole nitrogens is 1. The summed E-state index contributed by atoms with van der Waals surface area (Å²) in [5, 5.41) is 5.99. The maximum Gasteiger partial charge on any atom is 0.375 e. The van der Waals surface area contributed by atoms with Crippen molar-refractivity contribution < 1.29 is 9.53 Å². The van der Waals surface area contributed by atoms with Crippen LogP contribution in [0.4, 0.5) is 0 Å². The van der Waals surface area contributed by atoms with Crippen molar-refractivity contribution in [2.75, 3.05) is 6.61 Å². The summed E-state index contributed by atoms with van der Waals surface area (Å²) >= 11 is 0. The molecular formula is C7H9N3O2. The molecule has 0 radical (unpaired) electrons. The molecule has 2 rings (SSSR count). The summed E-state index contributed by atoms with van der Waals surface area (Å²) in [6.07, 6.45) is 3.63. The Balaban J connectivity index is 1.83. The van der Waals surface area contributed by atoms with Crippen molar-refractivity contribution in [2.45, 2.75) is 12.8 Å². The number of carbonyl (C=O) groups is 1. The molecule has 5 heteroatoms. The third-order valence-electron chi connectivity index (χ3n) is 1.76. The predicted molar refractivity (Wildman–Crippen MR) is 39.4 cm³/mol. The van der Waals surface area contributed by atoms with E-state index < -0.39 is 5.97 Å². The van der Waals surface area contributed by atoms with E-state index in [0.717, 1.165) is 0 Å². The van der Waals surface area contributed by atoms with Gasteiger partial charge in [-0.3, -0.25) is 5.10 Å². The van der Waals surface area contributed by atoms with E-state index in [1.54, 1.807) is 0 Å². The lowest BCUT2D eigenvalue weighted by molar-refractivity contribution is 0.0472. The number of ether oxygens (including phenoxy) is 1. The van der Waals surface area contributed by atoms with Gasteiger partial charge in [-0.05, 0) is 18.8 Å². The normalized spacial score (nSPS) is 16.0. The van der Waals surface area contributed by atoms with Gasteiger partial charge in [0, 0.05) is 0 Å². The lowest BCUT2D eigenvalue weighted by Crippen LogP contribution is -2.09. The van der Waals surface area contributed by atoms with Crippen LogP contribution in [0.25, 0.3) is 0 Å². The van der Waals surface area contributed by atoms with Crippen LogP contribution in [0.15, 0.2) is 6.33 Å². The Labute approximate surface area is 69.1 Å². The Morgan fingerprint density at radius 2 is 2.58 bits per heavy atom. The van der Waals surface area contributed by atoms with Crippen molar-refractivity contribution in [3.8, 4) is 0 Å². The highest BCUT2D eigenvalue weighted by molar-refractivity contribution is 5.84. The number of esters is 1. The Morgan fingerprint density at radius 1 is 1.75 bits per heavy atom. The van der Waals surface area contributed by atoms with Crippen LogP contribution in [0.5, 0.6) is 0 Å². The van der Waals surface area contributed by atoms with Gasteiger partial charge in [0.25, 0.3) is 0 Å². The van der Waals surface area contributed by atoms with Gasteiger partial charge in [0.2, 0.25) is 5.82 Å². The fourth-order valence-corrected chi connectivity index (χ4v) is 0.850. The Kier molecular flexibility index (Phi) is 1.77. The molecule has 0 spiro atoms. The van der Waals surface area contributed by atoms with E-state index >= 15 is 0 Å². The van der Waals surface area contributed by atoms with Crippen LogP contribution < -0.4 is 0 Å². The van der Waals surface area contributed by atoms with Crippen molar-refractivity contribution in [3.05, 3.63) is 12.2 Å². The van der Waals surface area contributed by atoms with Crippen molar-refractivity contribution in [2.24, 2.45) is 5.92 Å². The molecule has 12 heavy (non-hydrogen) atoms. The van der Waals surface area contributed by atoms with E-state index in [0.29, 0.717) is 12.5 Å². The summed E-state index contributed by atoms with van der Waals surface area (Å²) in [7, 11) is 0. The van der Waals surface area contributed by atoms with E-state index in [-0.39, 0.29) is 5.82 Å². The summed E-state index contributed by atoms with van der Waals surface area (Å²) in [6.45, 7) is 0.513. The van der Waals surface area contributed by atoms with Gasteiger partial charge in [-0.2, -0.15) is 5.10 Å². The molecule has 1 aliphatic carbocycles. The molecule has 1 saturated carbocycles. The van der Waals surface area contributed by atoms with Gasteiger partial charge in [0.05, 0.1) is 6.61 Å². The number of nitrogens with zero attached hydrogens (tertiary/aromatic N) is 2. The van der Waals surface area contributed by atoms with Crippen LogP contribution in [-0.2, 0) is 4.74 Å². The first-order valence-electron chi connectivity index (χ1n) is 3.89. The van der Waals surface area contributed by atoms with Crippen molar-refractivity contribution >= 4 is 5.97 Å². The average Bonchev–Trinajstić information content (AvgIpc) is 2.74.